The molecule has 194 valence electrons. The fraction of sp³-hybridized carbons (Fsp3) is 0.308. The van der Waals surface area contributed by atoms with E-state index in [4.69, 9.17) is 4.74 Å². The van der Waals surface area contributed by atoms with Crippen molar-refractivity contribution < 1.29 is 18.7 Å². The summed E-state index contributed by atoms with van der Waals surface area (Å²) in [5, 5.41) is 11.6. The molecule has 0 spiro atoms. The predicted molar refractivity (Wildman–Crippen MR) is 140 cm³/mol. The second-order valence-electron chi connectivity index (χ2n) is 8.46. The zero-order valence-corrected chi connectivity index (χ0v) is 21.0. The van der Waals surface area contributed by atoms with Crippen molar-refractivity contribution in [2.24, 2.45) is 0 Å². The lowest BCUT2D eigenvalue weighted by Crippen LogP contribution is -2.34. The number of halogens is 1. The van der Waals surface area contributed by atoms with E-state index in [0.717, 1.165) is 25.8 Å². The van der Waals surface area contributed by atoms with Crippen LogP contribution in [0.15, 0.2) is 48.7 Å². The van der Waals surface area contributed by atoms with Crippen LogP contribution in [0, 0.1) is 5.82 Å². The molecule has 2 amide bonds. The average Bonchev–Trinajstić information content (AvgIpc) is 2.90. The van der Waals surface area contributed by atoms with Crippen molar-refractivity contribution >= 4 is 40.6 Å². The first kappa shape index (κ1) is 25.8. The van der Waals surface area contributed by atoms with Gasteiger partial charge in [0.25, 0.3) is 11.8 Å². The van der Waals surface area contributed by atoms with Crippen LogP contribution in [0.3, 0.4) is 0 Å². The Kier molecular flexibility index (Phi) is 8.14. The number of aromatic nitrogens is 2. The van der Waals surface area contributed by atoms with Crippen LogP contribution in [0.4, 0.5) is 33.2 Å². The first-order chi connectivity index (χ1) is 17.9. The number of ether oxygens (including phenoxy) is 1. The summed E-state index contributed by atoms with van der Waals surface area (Å²) in [5.74, 6) is -0.392. The largest absolute Gasteiger partial charge is 0.479 e. The lowest BCUT2D eigenvalue weighted by atomic mass is 10.2. The Morgan fingerprint density at radius 3 is 2.57 bits per heavy atom. The minimum absolute atomic E-state index is 0.0435. The molecule has 0 fully saturated rings. The van der Waals surface area contributed by atoms with Gasteiger partial charge in [-0.1, -0.05) is 13.8 Å². The highest BCUT2D eigenvalue weighted by molar-refractivity contribution is 5.98. The van der Waals surface area contributed by atoms with Gasteiger partial charge in [-0.15, -0.1) is 0 Å². The van der Waals surface area contributed by atoms with Crippen LogP contribution in [0.2, 0.25) is 0 Å². The van der Waals surface area contributed by atoms with E-state index in [2.05, 4.69) is 50.0 Å². The molecule has 0 aliphatic carbocycles. The zero-order valence-electron chi connectivity index (χ0n) is 21.0. The maximum atomic E-state index is 14.4. The number of likely N-dealkylation sites (N-methyl/N-ethyl adjacent to an activating group) is 1. The molecule has 0 radical (unpaired) electrons. The van der Waals surface area contributed by atoms with E-state index >= 15 is 0 Å². The summed E-state index contributed by atoms with van der Waals surface area (Å²) in [6.07, 6.45) is 0.473. The summed E-state index contributed by atoms with van der Waals surface area (Å²) in [6.45, 7) is 9.08. The molecule has 11 heteroatoms. The first-order valence-electron chi connectivity index (χ1n) is 12.1. The molecule has 3 aromatic rings. The molecular weight excluding hydrogens is 477 g/mol. The lowest BCUT2D eigenvalue weighted by molar-refractivity contribution is -0.122. The summed E-state index contributed by atoms with van der Waals surface area (Å²) >= 11 is 0. The van der Waals surface area contributed by atoms with Crippen molar-refractivity contribution in [3.63, 3.8) is 0 Å². The third-order valence-electron chi connectivity index (χ3n) is 5.93. The van der Waals surface area contributed by atoms with E-state index in [-0.39, 0.29) is 23.6 Å². The normalized spacial score (nSPS) is 14.4. The number of carbonyl (C=O) groups is 2. The van der Waals surface area contributed by atoms with E-state index in [1.807, 2.05) is 0 Å². The van der Waals surface area contributed by atoms with Crippen molar-refractivity contribution in [1.82, 2.24) is 20.2 Å². The minimum atomic E-state index is -0.645. The van der Waals surface area contributed by atoms with Gasteiger partial charge in [-0.25, -0.2) is 9.37 Å². The number of nitrogens with zero attached hydrogens (tertiary/aromatic N) is 3. The topological polar surface area (TPSA) is 121 Å². The van der Waals surface area contributed by atoms with Gasteiger partial charge in [0.05, 0.1) is 11.9 Å². The van der Waals surface area contributed by atoms with Crippen LogP contribution in [-0.4, -0.2) is 59.0 Å². The van der Waals surface area contributed by atoms with Crippen molar-refractivity contribution in [1.29, 1.82) is 0 Å². The second kappa shape index (κ2) is 11.7. The van der Waals surface area contributed by atoms with Crippen LogP contribution >= 0.6 is 0 Å². The molecule has 4 N–H and O–H groups in total. The molecule has 4 rings (SSSR count). The van der Waals surface area contributed by atoms with E-state index < -0.39 is 11.9 Å². The molecule has 10 nitrogen and oxygen atoms in total. The Morgan fingerprint density at radius 2 is 1.84 bits per heavy atom. The third kappa shape index (κ3) is 6.50. The maximum absolute atomic E-state index is 14.4. The van der Waals surface area contributed by atoms with Crippen LogP contribution in [0.25, 0.3) is 0 Å². The zero-order chi connectivity index (χ0) is 26.4. The van der Waals surface area contributed by atoms with Gasteiger partial charge in [0.1, 0.15) is 5.75 Å². The quantitative estimate of drug-likeness (QED) is 0.326. The first-order valence-corrected chi connectivity index (χ1v) is 12.1. The van der Waals surface area contributed by atoms with E-state index in [1.54, 1.807) is 49.4 Å². The fourth-order valence-electron chi connectivity index (χ4n) is 3.74. The highest BCUT2D eigenvalue weighted by Crippen LogP contribution is 2.33. The lowest BCUT2D eigenvalue weighted by Gasteiger charge is -2.23. The molecule has 0 saturated carbocycles. The maximum Gasteiger partial charge on any atom is 0.265 e. The van der Waals surface area contributed by atoms with Crippen molar-refractivity contribution in [3.8, 4) is 5.75 Å². The van der Waals surface area contributed by atoms with Gasteiger partial charge in [0.2, 0.25) is 5.95 Å². The van der Waals surface area contributed by atoms with E-state index in [9.17, 15) is 14.0 Å². The summed E-state index contributed by atoms with van der Waals surface area (Å²) in [5.41, 5.74) is 2.17. The van der Waals surface area contributed by atoms with Gasteiger partial charge in [0, 0.05) is 30.0 Å². The molecule has 0 unspecified atom stereocenters. The van der Waals surface area contributed by atoms with Gasteiger partial charge in [-0.05, 0) is 62.5 Å². The molecular formula is C26H30FN7O3. The van der Waals surface area contributed by atoms with E-state index in [0.29, 0.717) is 34.9 Å². The Morgan fingerprint density at radius 1 is 1.11 bits per heavy atom. The third-order valence-corrected chi connectivity index (χ3v) is 5.93. The molecule has 0 bridgehead atoms. The molecule has 2 heterocycles. The highest BCUT2D eigenvalue weighted by atomic mass is 19.1. The molecule has 0 saturated heterocycles. The minimum Gasteiger partial charge on any atom is -0.479 e. The fourth-order valence-corrected chi connectivity index (χ4v) is 3.74. The van der Waals surface area contributed by atoms with Gasteiger partial charge in [-0.3, -0.25) is 9.59 Å². The van der Waals surface area contributed by atoms with Crippen molar-refractivity contribution in [3.05, 3.63) is 60.0 Å². The second-order valence-corrected chi connectivity index (χ2v) is 8.46. The predicted octanol–water partition coefficient (Wildman–Crippen LogP) is 3.89. The van der Waals surface area contributed by atoms with Gasteiger partial charge < -0.3 is 30.9 Å². The van der Waals surface area contributed by atoms with Crippen LogP contribution in [-0.2, 0) is 4.79 Å². The standard InChI is InChI=1S/C26H30FN7O3/c1-4-34(5-2)13-12-28-25(36)17-6-8-18(9-7-17)31-26-29-15-20(27)23(33-26)30-19-10-11-22-21(14-19)32-24(35)16(3)37-22/h6-11,14-16H,4-5,12-13H2,1-3H3,(H,28,36)(H,32,35)(H2,29,30,31,33)/t16-/m0/s1. The molecule has 1 aliphatic rings. The number of rotatable bonds is 10. The molecule has 1 aromatic heterocycles. The summed E-state index contributed by atoms with van der Waals surface area (Å²) < 4.78 is 20.0. The van der Waals surface area contributed by atoms with Gasteiger partial charge in [0.15, 0.2) is 17.7 Å². The average molecular weight is 508 g/mol. The molecule has 37 heavy (non-hydrogen) atoms. The number of hydrogen-bond acceptors (Lipinski definition) is 8. The number of nitrogens with one attached hydrogen (secondary N) is 4. The Labute approximate surface area is 214 Å². The number of hydrogen-bond donors (Lipinski definition) is 4. The number of carbonyl (C=O) groups excluding carboxylic acids is 2. The van der Waals surface area contributed by atoms with Crippen molar-refractivity contribution in [2.45, 2.75) is 26.9 Å². The summed E-state index contributed by atoms with van der Waals surface area (Å²) in [4.78, 5) is 34.7. The summed E-state index contributed by atoms with van der Waals surface area (Å²) in [7, 11) is 0. The Balaban J connectivity index is 1.38. The smallest absolute Gasteiger partial charge is 0.265 e. The highest BCUT2D eigenvalue weighted by Gasteiger charge is 2.23. The Bertz CT molecular complexity index is 1270. The van der Waals surface area contributed by atoms with Gasteiger partial charge >= 0.3 is 0 Å². The number of amides is 2. The SMILES string of the molecule is CCN(CC)CCNC(=O)c1ccc(Nc2ncc(F)c(Nc3ccc4c(c3)NC(=O)[C@H](C)O4)n2)cc1. The van der Waals surface area contributed by atoms with E-state index in [1.165, 1.54) is 0 Å². The monoisotopic (exact) mass is 507 g/mol. The van der Waals surface area contributed by atoms with Crippen molar-refractivity contribution in [2.75, 3.05) is 42.1 Å². The number of fused-ring (bicyclic) bond motifs is 1. The Hall–Kier alpha value is -4.25. The molecule has 1 atom stereocenters. The number of anilines is 5. The number of benzene rings is 2. The van der Waals surface area contributed by atoms with Crippen LogP contribution < -0.4 is 26.0 Å². The summed E-state index contributed by atoms with van der Waals surface area (Å²) in [6, 6.07) is 11.9. The van der Waals surface area contributed by atoms with Crippen LogP contribution in [0.1, 0.15) is 31.1 Å². The molecule has 1 aliphatic heterocycles. The van der Waals surface area contributed by atoms with Gasteiger partial charge in [-0.2, -0.15) is 4.98 Å². The molecule has 2 aromatic carbocycles. The van der Waals surface area contributed by atoms with Crippen LogP contribution in [0.5, 0.6) is 5.75 Å².